The first-order chi connectivity index (χ1) is 5.86. The standard InChI is InChI=1S/C10H9NO/c12-10-4-5-11-8-3-1-2-7(8)6-9(10)11/h1,3,6H,2,4-5H2. The minimum absolute atomic E-state index is 0.304. The van der Waals surface area contributed by atoms with E-state index >= 15 is 0 Å². The van der Waals surface area contributed by atoms with Crippen molar-refractivity contribution >= 4 is 11.9 Å². The molecule has 60 valence electrons. The normalized spacial score (nSPS) is 18.5. The number of hydrogen-bond donors (Lipinski definition) is 0. The molecule has 0 radical (unpaired) electrons. The summed E-state index contributed by atoms with van der Waals surface area (Å²) < 4.78 is 2.14. The van der Waals surface area contributed by atoms with Crippen molar-refractivity contribution in [3.05, 3.63) is 29.1 Å². The summed E-state index contributed by atoms with van der Waals surface area (Å²) in [5.74, 6) is 0.304. The van der Waals surface area contributed by atoms with Gasteiger partial charge in [0.1, 0.15) is 0 Å². The van der Waals surface area contributed by atoms with Crippen LogP contribution in [-0.4, -0.2) is 10.4 Å². The van der Waals surface area contributed by atoms with Crippen molar-refractivity contribution in [2.75, 3.05) is 0 Å². The van der Waals surface area contributed by atoms with Gasteiger partial charge in [0, 0.05) is 18.7 Å². The van der Waals surface area contributed by atoms with E-state index in [-0.39, 0.29) is 0 Å². The summed E-state index contributed by atoms with van der Waals surface area (Å²) in [5.41, 5.74) is 3.50. The summed E-state index contributed by atoms with van der Waals surface area (Å²) in [6.45, 7) is 0.883. The number of aromatic nitrogens is 1. The Morgan fingerprint density at radius 1 is 1.42 bits per heavy atom. The average Bonchev–Trinajstić information content (AvgIpc) is 2.63. The molecule has 0 atom stereocenters. The van der Waals surface area contributed by atoms with E-state index in [9.17, 15) is 4.79 Å². The van der Waals surface area contributed by atoms with Crippen LogP contribution in [0.2, 0.25) is 0 Å². The Hall–Kier alpha value is -1.31. The lowest BCUT2D eigenvalue weighted by Gasteiger charge is -1.97. The third-order valence-corrected chi connectivity index (χ3v) is 2.68. The van der Waals surface area contributed by atoms with Crippen LogP contribution in [0.5, 0.6) is 0 Å². The second kappa shape index (κ2) is 1.89. The highest BCUT2D eigenvalue weighted by Gasteiger charge is 2.24. The van der Waals surface area contributed by atoms with Crippen LogP contribution >= 0.6 is 0 Å². The Balaban J connectivity index is 2.30. The van der Waals surface area contributed by atoms with Gasteiger partial charge in [-0.3, -0.25) is 4.79 Å². The lowest BCUT2D eigenvalue weighted by atomic mass is 10.2. The van der Waals surface area contributed by atoms with Crippen LogP contribution < -0.4 is 0 Å². The van der Waals surface area contributed by atoms with Crippen molar-refractivity contribution in [3.63, 3.8) is 0 Å². The van der Waals surface area contributed by atoms with Crippen molar-refractivity contribution in [2.24, 2.45) is 0 Å². The van der Waals surface area contributed by atoms with Crippen LogP contribution in [0.3, 0.4) is 0 Å². The van der Waals surface area contributed by atoms with E-state index < -0.39 is 0 Å². The second-order valence-electron chi connectivity index (χ2n) is 3.37. The van der Waals surface area contributed by atoms with Gasteiger partial charge in [-0.1, -0.05) is 6.08 Å². The van der Waals surface area contributed by atoms with Crippen molar-refractivity contribution in [1.29, 1.82) is 0 Å². The third-order valence-electron chi connectivity index (χ3n) is 2.68. The minimum Gasteiger partial charge on any atom is -0.338 e. The molecule has 0 saturated carbocycles. The highest BCUT2D eigenvalue weighted by Crippen LogP contribution is 2.28. The van der Waals surface area contributed by atoms with E-state index in [4.69, 9.17) is 0 Å². The van der Waals surface area contributed by atoms with Gasteiger partial charge in [0.05, 0.1) is 5.69 Å². The van der Waals surface area contributed by atoms with Crippen LogP contribution in [0.25, 0.3) is 6.08 Å². The first-order valence-electron chi connectivity index (χ1n) is 4.28. The predicted octanol–water partition coefficient (Wildman–Crippen LogP) is 1.64. The van der Waals surface area contributed by atoms with Gasteiger partial charge in [0.15, 0.2) is 5.78 Å². The van der Waals surface area contributed by atoms with Gasteiger partial charge in [-0.2, -0.15) is 0 Å². The molecule has 2 heteroatoms. The van der Waals surface area contributed by atoms with Gasteiger partial charge in [-0.05, 0) is 24.1 Å². The summed E-state index contributed by atoms with van der Waals surface area (Å²) in [4.78, 5) is 11.3. The first kappa shape index (κ1) is 6.23. The van der Waals surface area contributed by atoms with Crippen LogP contribution in [0.15, 0.2) is 12.1 Å². The smallest absolute Gasteiger partial charge is 0.181 e. The molecule has 0 N–H and O–H groups in total. The Labute approximate surface area is 70.5 Å². The molecule has 2 nitrogen and oxygen atoms in total. The Kier molecular flexibility index (Phi) is 0.980. The van der Waals surface area contributed by atoms with Crippen molar-refractivity contribution in [2.45, 2.75) is 19.4 Å². The van der Waals surface area contributed by atoms with E-state index in [1.165, 1.54) is 11.3 Å². The zero-order valence-electron chi connectivity index (χ0n) is 6.71. The Morgan fingerprint density at radius 3 is 3.25 bits per heavy atom. The van der Waals surface area contributed by atoms with E-state index in [0.717, 1.165) is 18.7 Å². The molecule has 0 saturated heterocycles. The van der Waals surface area contributed by atoms with E-state index in [1.54, 1.807) is 0 Å². The summed E-state index contributed by atoms with van der Waals surface area (Å²) in [5, 5.41) is 0. The van der Waals surface area contributed by atoms with E-state index in [0.29, 0.717) is 12.2 Å². The number of Topliss-reactive ketones (excluding diaryl/α,β-unsaturated/α-hetero) is 1. The Morgan fingerprint density at radius 2 is 2.33 bits per heavy atom. The lowest BCUT2D eigenvalue weighted by Crippen LogP contribution is -1.94. The van der Waals surface area contributed by atoms with Gasteiger partial charge in [-0.25, -0.2) is 0 Å². The molecule has 2 aliphatic rings. The molecular formula is C10H9NO. The molecule has 12 heavy (non-hydrogen) atoms. The monoisotopic (exact) mass is 159 g/mol. The topological polar surface area (TPSA) is 22.0 Å². The fourth-order valence-corrected chi connectivity index (χ4v) is 2.09. The van der Waals surface area contributed by atoms with E-state index in [1.807, 2.05) is 6.07 Å². The maximum Gasteiger partial charge on any atom is 0.181 e. The average molecular weight is 159 g/mol. The van der Waals surface area contributed by atoms with Crippen LogP contribution in [0.1, 0.15) is 28.2 Å². The van der Waals surface area contributed by atoms with Gasteiger partial charge in [-0.15, -0.1) is 0 Å². The highest BCUT2D eigenvalue weighted by molar-refractivity contribution is 5.97. The molecule has 1 aliphatic carbocycles. The minimum atomic E-state index is 0.304. The molecule has 0 spiro atoms. The third kappa shape index (κ3) is 0.583. The highest BCUT2D eigenvalue weighted by atomic mass is 16.1. The number of hydrogen-bond acceptors (Lipinski definition) is 1. The van der Waals surface area contributed by atoms with Gasteiger partial charge in [0.25, 0.3) is 0 Å². The van der Waals surface area contributed by atoms with Gasteiger partial charge < -0.3 is 4.57 Å². The maximum atomic E-state index is 11.3. The number of carbonyl (C=O) groups excluding carboxylic acids is 1. The molecular weight excluding hydrogens is 150 g/mol. The van der Waals surface area contributed by atoms with Crippen molar-refractivity contribution in [1.82, 2.24) is 4.57 Å². The number of allylic oxidation sites excluding steroid dienone is 1. The molecule has 1 aromatic rings. The predicted molar refractivity (Wildman–Crippen MR) is 46.1 cm³/mol. The zero-order valence-corrected chi connectivity index (χ0v) is 6.71. The molecule has 0 bridgehead atoms. The van der Waals surface area contributed by atoms with E-state index in [2.05, 4.69) is 16.7 Å². The quantitative estimate of drug-likeness (QED) is 0.564. The molecule has 3 rings (SSSR count). The number of rotatable bonds is 0. The number of carbonyl (C=O) groups is 1. The number of fused-ring (bicyclic) bond motifs is 3. The molecule has 2 heterocycles. The lowest BCUT2D eigenvalue weighted by molar-refractivity contribution is 0.0994. The molecule has 0 amide bonds. The van der Waals surface area contributed by atoms with Gasteiger partial charge in [0.2, 0.25) is 0 Å². The number of ketones is 1. The van der Waals surface area contributed by atoms with Crippen LogP contribution in [-0.2, 0) is 13.0 Å². The SMILES string of the molecule is O=C1CCn2c1cc1c2C=CC1. The fraction of sp³-hybridized carbons (Fsp3) is 0.300. The summed E-state index contributed by atoms with van der Waals surface area (Å²) >= 11 is 0. The van der Waals surface area contributed by atoms with Gasteiger partial charge >= 0.3 is 0 Å². The maximum absolute atomic E-state index is 11.3. The van der Waals surface area contributed by atoms with Crippen LogP contribution in [0.4, 0.5) is 0 Å². The van der Waals surface area contributed by atoms with Crippen molar-refractivity contribution < 1.29 is 4.79 Å². The fourth-order valence-electron chi connectivity index (χ4n) is 2.09. The second-order valence-corrected chi connectivity index (χ2v) is 3.37. The molecule has 1 aromatic heterocycles. The largest absolute Gasteiger partial charge is 0.338 e. The molecule has 0 aromatic carbocycles. The molecule has 1 aliphatic heterocycles. The first-order valence-corrected chi connectivity index (χ1v) is 4.28. The molecule has 0 fully saturated rings. The summed E-state index contributed by atoms with van der Waals surface area (Å²) in [6, 6.07) is 2.05. The summed E-state index contributed by atoms with van der Waals surface area (Å²) in [6.07, 6.45) is 5.97. The van der Waals surface area contributed by atoms with Crippen LogP contribution in [0, 0.1) is 0 Å². The summed E-state index contributed by atoms with van der Waals surface area (Å²) in [7, 11) is 0. The van der Waals surface area contributed by atoms with Crippen molar-refractivity contribution in [3.8, 4) is 0 Å². The number of nitrogens with zero attached hydrogens (tertiary/aromatic N) is 1. The zero-order chi connectivity index (χ0) is 8.13. The Bertz CT molecular complexity index is 398. The molecule has 0 unspecified atom stereocenters.